The summed E-state index contributed by atoms with van der Waals surface area (Å²) in [6.07, 6.45) is 2.66. The van der Waals surface area contributed by atoms with Gasteiger partial charge in [0.05, 0.1) is 0 Å². The third-order valence-corrected chi connectivity index (χ3v) is 3.55. The van der Waals surface area contributed by atoms with Crippen LogP contribution in [0.4, 0.5) is 0 Å². The minimum Gasteiger partial charge on any atom is -0.321 e. The number of aryl methyl sites for hydroxylation is 2. The number of hydrogen-bond acceptors (Lipinski definition) is 3. The summed E-state index contributed by atoms with van der Waals surface area (Å²) < 4.78 is 2.00. The van der Waals surface area contributed by atoms with Crippen LogP contribution in [0.25, 0.3) is 0 Å². The van der Waals surface area contributed by atoms with Crippen molar-refractivity contribution in [2.45, 2.75) is 19.9 Å². The molecule has 0 fully saturated rings. The maximum absolute atomic E-state index is 7.74. The summed E-state index contributed by atoms with van der Waals surface area (Å²) in [5.41, 5.74) is 2.28. The second-order valence-corrected chi connectivity index (χ2v) is 4.82. The first-order valence-corrected chi connectivity index (χ1v) is 6.22. The van der Waals surface area contributed by atoms with Crippen molar-refractivity contribution in [3.8, 4) is 0 Å². The summed E-state index contributed by atoms with van der Waals surface area (Å²) in [5.74, 6) is 0. The molecule has 84 valence electrons. The van der Waals surface area contributed by atoms with E-state index >= 15 is 0 Å². The van der Waals surface area contributed by atoms with Gasteiger partial charge in [-0.2, -0.15) is 0 Å². The van der Waals surface area contributed by atoms with Crippen LogP contribution < -0.4 is 4.80 Å². The van der Waals surface area contributed by atoms with Gasteiger partial charge in [0.2, 0.25) is 0 Å². The van der Waals surface area contributed by atoms with Crippen LogP contribution in [0.3, 0.4) is 0 Å². The molecule has 1 N–H and O–H groups in total. The van der Waals surface area contributed by atoms with Gasteiger partial charge in [-0.25, -0.2) is 4.98 Å². The average Bonchev–Trinajstić information content (AvgIpc) is 2.59. The van der Waals surface area contributed by atoms with Gasteiger partial charge in [0.1, 0.15) is 5.15 Å². The molecule has 0 aliphatic heterocycles. The fraction of sp³-hybridized carbons (Fsp3) is 0.273. The summed E-state index contributed by atoms with van der Waals surface area (Å²) in [5, 5.41) is 10.3. The van der Waals surface area contributed by atoms with E-state index in [4.69, 9.17) is 17.0 Å². The first kappa shape index (κ1) is 11.4. The maximum atomic E-state index is 7.74. The molecule has 0 radical (unpaired) electrons. The number of thiazole rings is 1. The standard InChI is InChI=1S/C11H12ClN3S/c1-8-7-16-11(13)15(8)5-4-9-2-3-10(12)14-6-9/h2-3,6-7,13H,4-5H2,1H3. The van der Waals surface area contributed by atoms with Crippen LogP contribution in [0.1, 0.15) is 11.3 Å². The largest absolute Gasteiger partial charge is 0.321 e. The van der Waals surface area contributed by atoms with E-state index in [1.165, 1.54) is 11.3 Å². The summed E-state index contributed by atoms with van der Waals surface area (Å²) in [6, 6.07) is 3.77. The Morgan fingerprint density at radius 3 is 2.88 bits per heavy atom. The molecule has 0 aliphatic rings. The average molecular weight is 254 g/mol. The number of nitrogens with zero attached hydrogens (tertiary/aromatic N) is 2. The summed E-state index contributed by atoms with van der Waals surface area (Å²) in [6.45, 7) is 2.84. The highest BCUT2D eigenvalue weighted by molar-refractivity contribution is 7.07. The highest BCUT2D eigenvalue weighted by atomic mass is 35.5. The molecular weight excluding hydrogens is 242 g/mol. The molecule has 2 aromatic heterocycles. The Hall–Kier alpha value is -1.13. The zero-order valence-corrected chi connectivity index (χ0v) is 10.5. The molecule has 0 saturated carbocycles. The topological polar surface area (TPSA) is 41.7 Å². The highest BCUT2D eigenvalue weighted by Gasteiger charge is 2.00. The minimum absolute atomic E-state index is 0.518. The van der Waals surface area contributed by atoms with Gasteiger partial charge in [0.25, 0.3) is 0 Å². The predicted octanol–water partition coefficient (Wildman–Crippen LogP) is 2.63. The lowest BCUT2D eigenvalue weighted by atomic mass is 10.2. The van der Waals surface area contributed by atoms with Crippen molar-refractivity contribution in [1.82, 2.24) is 9.55 Å². The Labute approximate surface area is 103 Å². The highest BCUT2D eigenvalue weighted by Crippen LogP contribution is 2.07. The van der Waals surface area contributed by atoms with Crippen molar-refractivity contribution in [2.75, 3.05) is 0 Å². The van der Waals surface area contributed by atoms with Gasteiger partial charge in [-0.1, -0.05) is 17.7 Å². The molecule has 0 aromatic carbocycles. The van der Waals surface area contributed by atoms with E-state index in [0.29, 0.717) is 9.95 Å². The van der Waals surface area contributed by atoms with E-state index in [2.05, 4.69) is 4.98 Å². The van der Waals surface area contributed by atoms with Gasteiger partial charge < -0.3 is 4.57 Å². The van der Waals surface area contributed by atoms with Crippen LogP contribution >= 0.6 is 22.9 Å². The van der Waals surface area contributed by atoms with Crippen LogP contribution in [0, 0.1) is 12.3 Å². The van der Waals surface area contributed by atoms with Gasteiger partial charge in [-0.15, -0.1) is 11.3 Å². The van der Waals surface area contributed by atoms with Crippen LogP contribution in [0.5, 0.6) is 0 Å². The van der Waals surface area contributed by atoms with E-state index in [-0.39, 0.29) is 0 Å². The van der Waals surface area contributed by atoms with Gasteiger partial charge >= 0.3 is 0 Å². The Balaban J connectivity index is 2.08. The molecule has 2 heterocycles. The molecule has 0 spiro atoms. The van der Waals surface area contributed by atoms with E-state index in [1.54, 1.807) is 12.3 Å². The molecule has 2 rings (SSSR count). The molecule has 0 unspecified atom stereocenters. The predicted molar refractivity (Wildman–Crippen MR) is 65.9 cm³/mol. The van der Waals surface area contributed by atoms with Crippen molar-refractivity contribution >= 4 is 22.9 Å². The molecule has 0 aliphatic carbocycles. The van der Waals surface area contributed by atoms with E-state index in [9.17, 15) is 0 Å². The maximum Gasteiger partial charge on any atom is 0.182 e. The second-order valence-electron chi connectivity index (χ2n) is 3.57. The van der Waals surface area contributed by atoms with Crippen molar-refractivity contribution in [3.05, 3.63) is 44.9 Å². The van der Waals surface area contributed by atoms with Crippen LogP contribution in [-0.4, -0.2) is 9.55 Å². The van der Waals surface area contributed by atoms with Gasteiger partial charge in [0.15, 0.2) is 4.80 Å². The number of halogens is 1. The number of pyridine rings is 1. The van der Waals surface area contributed by atoms with E-state index in [0.717, 1.165) is 24.2 Å². The molecule has 16 heavy (non-hydrogen) atoms. The quantitative estimate of drug-likeness (QED) is 0.840. The summed E-state index contributed by atoms with van der Waals surface area (Å²) in [4.78, 5) is 4.63. The zero-order valence-electron chi connectivity index (χ0n) is 8.90. The Bertz CT molecular complexity index is 527. The molecule has 0 bridgehead atoms. The second kappa shape index (κ2) is 4.80. The number of hydrogen-bond donors (Lipinski definition) is 1. The smallest absolute Gasteiger partial charge is 0.182 e. The number of rotatable bonds is 3. The fourth-order valence-corrected chi connectivity index (χ4v) is 2.39. The van der Waals surface area contributed by atoms with Crippen molar-refractivity contribution in [1.29, 1.82) is 5.41 Å². The molecule has 0 saturated heterocycles. The van der Waals surface area contributed by atoms with Crippen molar-refractivity contribution in [3.63, 3.8) is 0 Å². The first-order chi connectivity index (χ1) is 7.66. The number of aromatic nitrogens is 2. The molecule has 3 nitrogen and oxygen atoms in total. The molecular formula is C11H12ClN3S. The number of nitrogens with one attached hydrogen (secondary N) is 1. The first-order valence-electron chi connectivity index (χ1n) is 4.97. The van der Waals surface area contributed by atoms with Crippen molar-refractivity contribution in [2.24, 2.45) is 0 Å². The third-order valence-electron chi connectivity index (χ3n) is 2.42. The van der Waals surface area contributed by atoms with Crippen LogP contribution in [-0.2, 0) is 13.0 Å². The van der Waals surface area contributed by atoms with Crippen LogP contribution in [0.2, 0.25) is 5.15 Å². The summed E-state index contributed by atoms with van der Waals surface area (Å²) in [7, 11) is 0. The lowest BCUT2D eigenvalue weighted by Crippen LogP contribution is -2.16. The molecule has 5 heteroatoms. The Kier molecular flexibility index (Phi) is 3.41. The zero-order chi connectivity index (χ0) is 11.5. The van der Waals surface area contributed by atoms with Gasteiger partial charge in [0, 0.05) is 23.8 Å². The Morgan fingerprint density at radius 1 is 1.50 bits per heavy atom. The summed E-state index contributed by atoms with van der Waals surface area (Å²) >= 11 is 7.18. The van der Waals surface area contributed by atoms with E-state index < -0.39 is 0 Å². The molecule has 2 aromatic rings. The van der Waals surface area contributed by atoms with Crippen LogP contribution in [0.15, 0.2) is 23.7 Å². The normalized spacial score (nSPS) is 10.6. The third kappa shape index (κ3) is 2.51. The Morgan fingerprint density at radius 2 is 2.31 bits per heavy atom. The molecule has 0 atom stereocenters. The molecule has 0 amide bonds. The van der Waals surface area contributed by atoms with Gasteiger partial charge in [-0.3, -0.25) is 5.41 Å². The fourth-order valence-electron chi connectivity index (χ4n) is 1.50. The van der Waals surface area contributed by atoms with Crippen molar-refractivity contribution < 1.29 is 0 Å². The minimum atomic E-state index is 0.518. The van der Waals surface area contributed by atoms with Gasteiger partial charge in [-0.05, 0) is 25.0 Å². The van der Waals surface area contributed by atoms with E-state index in [1.807, 2.05) is 22.9 Å². The SMILES string of the molecule is Cc1csc(=N)n1CCc1ccc(Cl)nc1. The lowest BCUT2D eigenvalue weighted by molar-refractivity contribution is 0.651. The monoisotopic (exact) mass is 253 g/mol. The lowest BCUT2D eigenvalue weighted by Gasteiger charge is -2.05.